The molecule has 1 aromatic heterocycles. The van der Waals surface area contributed by atoms with Gasteiger partial charge in [-0.2, -0.15) is 0 Å². The number of halogens is 1. The average Bonchev–Trinajstić information content (AvgIpc) is 2.96. The van der Waals surface area contributed by atoms with E-state index in [2.05, 4.69) is 4.99 Å². The summed E-state index contributed by atoms with van der Waals surface area (Å²) in [6, 6.07) is 11.4. The van der Waals surface area contributed by atoms with E-state index in [0.717, 1.165) is 4.70 Å². The number of thiophene rings is 1. The SMILES string of the molecule is O=C1N=c2ccc(F)cc2=C1c1sc2ccccc2c1O. The van der Waals surface area contributed by atoms with Gasteiger partial charge in [-0.3, -0.25) is 4.79 Å². The number of fused-ring (bicyclic) bond motifs is 2. The molecule has 0 saturated heterocycles. The van der Waals surface area contributed by atoms with Crippen molar-refractivity contribution in [2.45, 2.75) is 0 Å². The van der Waals surface area contributed by atoms with Crippen LogP contribution in [0.1, 0.15) is 4.88 Å². The van der Waals surface area contributed by atoms with E-state index in [4.69, 9.17) is 0 Å². The smallest absolute Gasteiger partial charge is 0.279 e. The fourth-order valence-electron chi connectivity index (χ4n) is 2.51. The van der Waals surface area contributed by atoms with E-state index in [1.807, 2.05) is 18.2 Å². The topological polar surface area (TPSA) is 49.7 Å². The van der Waals surface area contributed by atoms with E-state index in [1.54, 1.807) is 6.07 Å². The van der Waals surface area contributed by atoms with Crippen molar-refractivity contribution in [3.05, 3.63) is 63.7 Å². The van der Waals surface area contributed by atoms with Gasteiger partial charge in [0.25, 0.3) is 5.91 Å². The third kappa shape index (κ3) is 1.71. The number of hydrogen-bond donors (Lipinski definition) is 1. The Labute approximate surface area is 122 Å². The van der Waals surface area contributed by atoms with Crippen LogP contribution in [0.25, 0.3) is 15.7 Å². The summed E-state index contributed by atoms with van der Waals surface area (Å²) in [5, 5.41) is 11.9. The first-order chi connectivity index (χ1) is 10.1. The summed E-state index contributed by atoms with van der Waals surface area (Å²) in [5.41, 5.74) is 0.267. The molecule has 0 fully saturated rings. The first kappa shape index (κ1) is 12.2. The van der Waals surface area contributed by atoms with Crippen LogP contribution in [0.5, 0.6) is 5.75 Å². The summed E-state index contributed by atoms with van der Waals surface area (Å²) in [6.07, 6.45) is 0. The molecular weight excluding hydrogens is 289 g/mol. The molecule has 0 spiro atoms. The third-order valence-corrected chi connectivity index (χ3v) is 4.64. The van der Waals surface area contributed by atoms with Crippen molar-refractivity contribution in [1.29, 1.82) is 0 Å². The van der Waals surface area contributed by atoms with Crippen LogP contribution >= 0.6 is 11.3 Å². The molecule has 1 N–H and O–H groups in total. The number of nitrogens with zero attached hydrogens (tertiary/aromatic N) is 1. The molecule has 5 heteroatoms. The second kappa shape index (κ2) is 4.23. The van der Waals surface area contributed by atoms with Crippen LogP contribution in [-0.2, 0) is 4.79 Å². The van der Waals surface area contributed by atoms with Crippen molar-refractivity contribution in [1.82, 2.24) is 0 Å². The quantitative estimate of drug-likeness (QED) is 0.748. The van der Waals surface area contributed by atoms with Gasteiger partial charge in [-0.05, 0) is 30.3 Å². The Balaban J connectivity index is 2.13. The second-order valence-corrected chi connectivity index (χ2v) is 5.78. The molecule has 1 aliphatic rings. The lowest BCUT2D eigenvalue weighted by Gasteiger charge is -1.97. The fraction of sp³-hybridized carbons (Fsp3) is 0. The Hall–Kier alpha value is -2.53. The molecule has 3 aromatic rings. The number of benzene rings is 2. The van der Waals surface area contributed by atoms with E-state index in [-0.39, 0.29) is 11.3 Å². The van der Waals surface area contributed by atoms with Crippen molar-refractivity contribution >= 4 is 32.9 Å². The first-order valence-corrected chi connectivity index (χ1v) is 7.10. The maximum Gasteiger partial charge on any atom is 0.279 e. The normalized spacial score (nSPS) is 13.6. The van der Waals surface area contributed by atoms with Crippen molar-refractivity contribution in [3.63, 3.8) is 0 Å². The number of carbonyl (C=O) groups is 1. The van der Waals surface area contributed by atoms with Gasteiger partial charge in [0.15, 0.2) is 0 Å². The minimum Gasteiger partial charge on any atom is -0.506 e. The van der Waals surface area contributed by atoms with Gasteiger partial charge in [-0.25, -0.2) is 9.38 Å². The number of hydrogen-bond acceptors (Lipinski definition) is 3. The van der Waals surface area contributed by atoms with E-state index >= 15 is 0 Å². The molecule has 4 rings (SSSR count). The van der Waals surface area contributed by atoms with Gasteiger partial charge in [-0.1, -0.05) is 12.1 Å². The lowest BCUT2D eigenvalue weighted by Crippen LogP contribution is -2.23. The van der Waals surface area contributed by atoms with Gasteiger partial charge in [-0.15, -0.1) is 11.3 Å². The Morgan fingerprint density at radius 3 is 2.76 bits per heavy atom. The summed E-state index contributed by atoms with van der Waals surface area (Å²) in [4.78, 5) is 16.5. The van der Waals surface area contributed by atoms with Crippen LogP contribution in [0.4, 0.5) is 4.39 Å². The lowest BCUT2D eigenvalue weighted by atomic mass is 10.1. The van der Waals surface area contributed by atoms with E-state index in [9.17, 15) is 14.3 Å². The van der Waals surface area contributed by atoms with E-state index in [0.29, 0.717) is 20.8 Å². The number of aromatic hydroxyl groups is 1. The summed E-state index contributed by atoms with van der Waals surface area (Å²) in [7, 11) is 0. The van der Waals surface area contributed by atoms with Crippen molar-refractivity contribution in [2.75, 3.05) is 0 Å². The highest BCUT2D eigenvalue weighted by atomic mass is 32.1. The molecule has 0 radical (unpaired) electrons. The van der Waals surface area contributed by atoms with Gasteiger partial charge >= 0.3 is 0 Å². The maximum absolute atomic E-state index is 13.5. The van der Waals surface area contributed by atoms with Gasteiger partial charge in [0.05, 0.1) is 15.8 Å². The lowest BCUT2D eigenvalue weighted by molar-refractivity contribution is -0.112. The molecule has 1 amide bonds. The van der Waals surface area contributed by atoms with Crippen LogP contribution in [0, 0.1) is 5.82 Å². The highest BCUT2D eigenvalue weighted by molar-refractivity contribution is 7.20. The molecular formula is C16H8FNO2S. The minimum absolute atomic E-state index is 0.0475. The van der Waals surface area contributed by atoms with Crippen molar-refractivity contribution in [2.24, 2.45) is 4.99 Å². The summed E-state index contributed by atoms with van der Waals surface area (Å²) < 4.78 is 14.3. The third-order valence-electron chi connectivity index (χ3n) is 3.46. The van der Waals surface area contributed by atoms with Gasteiger partial charge in [0.1, 0.15) is 11.6 Å². The zero-order chi connectivity index (χ0) is 14.6. The molecule has 0 atom stereocenters. The highest BCUT2D eigenvalue weighted by Crippen LogP contribution is 2.40. The van der Waals surface area contributed by atoms with E-state index < -0.39 is 11.7 Å². The highest BCUT2D eigenvalue weighted by Gasteiger charge is 2.24. The molecule has 2 heterocycles. The summed E-state index contributed by atoms with van der Waals surface area (Å²) >= 11 is 1.30. The Kier molecular flexibility index (Phi) is 2.46. The van der Waals surface area contributed by atoms with Crippen molar-refractivity contribution < 1.29 is 14.3 Å². The van der Waals surface area contributed by atoms with Gasteiger partial charge in [0, 0.05) is 15.3 Å². The predicted octanol–water partition coefficient (Wildman–Crippen LogP) is 2.10. The largest absolute Gasteiger partial charge is 0.506 e. The zero-order valence-corrected chi connectivity index (χ0v) is 11.4. The predicted molar refractivity (Wildman–Crippen MR) is 78.2 cm³/mol. The number of carbonyl (C=O) groups excluding carboxylic acids is 1. The van der Waals surface area contributed by atoms with Crippen molar-refractivity contribution in [3.8, 4) is 5.75 Å². The maximum atomic E-state index is 13.5. The fourth-order valence-corrected chi connectivity index (χ4v) is 3.65. The standard InChI is InChI=1S/C16H8FNO2S/c17-8-5-6-11-10(7-8)13(16(20)18-11)15-14(19)9-3-1-2-4-12(9)21-15/h1-7,19H. The minimum atomic E-state index is -0.447. The van der Waals surface area contributed by atoms with Crippen LogP contribution in [0.2, 0.25) is 0 Å². The summed E-state index contributed by atoms with van der Waals surface area (Å²) in [6.45, 7) is 0. The first-order valence-electron chi connectivity index (χ1n) is 6.29. The van der Waals surface area contributed by atoms with Gasteiger partial charge < -0.3 is 5.11 Å². The Morgan fingerprint density at radius 1 is 1.14 bits per heavy atom. The van der Waals surface area contributed by atoms with Gasteiger partial charge in [0.2, 0.25) is 0 Å². The molecule has 0 saturated carbocycles. The summed E-state index contributed by atoms with van der Waals surface area (Å²) in [5.74, 6) is -0.833. The number of rotatable bonds is 1. The molecule has 0 aliphatic carbocycles. The monoisotopic (exact) mass is 297 g/mol. The van der Waals surface area contributed by atoms with Crippen LogP contribution < -0.4 is 10.6 Å². The Morgan fingerprint density at radius 2 is 1.95 bits per heavy atom. The molecule has 3 nitrogen and oxygen atoms in total. The Bertz CT molecular complexity index is 1040. The average molecular weight is 297 g/mol. The molecule has 102 valence electrons. The molecule has 1 aliphatic heterocycles. The second-order valence-electron chi connectivity index (χ2n) is 4.73. The van der Waals surface area contributed by atoms with Crippen LogP contribution in [-0.4, -0.2) is 11.0 Å². The van der Waals surface area contributed by atoms with Crippen LogP contribution in [0.15, 0.2) is 47.5 Å². The molecule has 21 heavy (non-hydrogen) atoms. The van der Waals surface area contributed by atoms with E-state index in [1.165, 1.54) is 29.5 Å². The zero-order valence-electron chi connectivity index (χ0n) is 10.6. The van der Waals surface area contributed by atoms with Crippen LogP contribution in [0.3, 0.4) is 0 Å². The molecule has 0 unspecified atom stereocenters. The molecule has 2 aromatic carbocycles. The number of amides is 1. The molecule has 0 bridgehead atoms.